The SMILES string of the molecule is CCc1ccc(OCC(=O)N/N=C/c2ccc(N3CCCC3)c([N+](=O)[O-])c2)cc1. The molecule has 0 spiro atoms. The van der Waals surface area contributed by atoms with Crippen LogP contribution in [0.5, 0.6) is 5.75 Å². The highest BCUT2D eigenvalue weighted by atomic mass is 16.6. The molecular formula is C21H24N4O4. The van der Waals surface area contributed by atoms with Crippen LogP contribution in [-0.2, 0) is 11.2 Å². The Labute approximate surface area is 169 Å². The van der Waals surface area contributed by atoms with E-state index in [0.29, 0.717) is 17.0 Å². The van der Waals surface area contributed by atoms with Crippen molar-refractivity contribution in [1.82, 2.24) is 5.43 Å². The number of amides is 1. The quantitative estimate of drug-likeness (QED) is 0.420. The Hall–Kier alpha value is -3.42. The van der Waals surface area contributed by atoms with Crippen molar-refractivity contribution in [2.75, 3.05) is 24.6 Å². The highest BCUT2D eigenvalue weighted by Crippen LogP contribution is 2.31. The Kier molecular flexibility index (Phi) is 6.78. The largest absolute Gasteiger partial charge is 0.484 e. The Morgan fingerprint density at radius 2 is 1.97 bits per heavy atom. The molecule has 0 atom stereocenters. The molecule has 1 N–H and O–H groups in total. The maximum Gasteiger partial charge on any atom is 0.293 e. The van der Waals surface area contributed by atoms with E-state index in [4.69, 9.17) is 4.74 Å². The van der Waals surface area contributed by atoms with Crippen LogP contribution in [0.4, 0.5) is 11.4 Å². The Balaban J connectivity index is 1.55. The maximum atomic E-state index is 11.9. The normalized spacial score (nSPS) is 13.6. The van der Waals surface area contributed by atoms with Gasteiger partial charge in [0.25, 0.3) is 11.6 Å². The molecule has 2 aromatic rings. The van der Waals surface area contributed by atoms with E-state index in [1.807, 2.05) is 29.2 Å². The van der Waals surface area contributed by atoms with E-state index in [0.717, 1.165) is 32.4 Å². The van der Waals surface area contributed by atoms with Crippen LogP contribution in [0.15, 0.2) is 47.6 Å². The van der Waals surface area contributed by atoms with Crippen LogP contribution in [0.2, 0.25) is 0 Å². The van der Waals surface area contributed by atoms with Crippen molar-refractivity contribution in [2.24, 2.45) is 5.10 Å². The number of ether oxygens (including phenoxy) is 1. The summed E-state index contributed by atoms with van der Waals surface area (Å²) in [6, 6.07) is 12.5. The summed E-state index contributed by atoms with van der Waals surface area (Å²) in [6.45, 7) is 3.55. The number of hydrogen-bond acceptors (Lipinski definition) is 6. The minimum absolute atomic E-state index is 0.0426. The van der Waals surface area contributed by atoms with Gasteiger partial charge in [-0.25, -0.2) is 5.43 Å². The molecule has 0 saturated carbocycles. The molecule has 1 amide bonds. The van der Waals surface area contributed by atoms with Gasteiger partial charge in [-0.15, -0.1) is 0 Å². The predicted octanol–water partition coefficient (Wildman–Crippen LogP) is 3.29. The first-order chi connectivity index (χ1) is 14.1. The third-order valence-electron chi connectivity index (χ3n) is 4.75. The van der Waals surface area contributed by atoms with Gasteiger partial charge in [-0.3, -0.25) is 14.9 Å². The second-order valence-electron chi connectivity index (χ2n) is 6.78. The minimum atomic E-state index is -0.413. The number of nitrogens with zero attached hydrogens (tertiary/aromatic N) is 3. The van der Waals surface area contributed by atoms with Crippen LogP contribution in [0.1, 0.15) is 30.9 Å². The number of nitro benzene ring substituents is 1. The standard InChI is InChI=1S/C21H24N4O4/c1-2-16-5-8-18(9-6-16)29-15-21(26)23-22-14-17-7-10-19(20(13-17)25(27)28)24-11-3-4-12-24/h5-10,13-14H,2-4,11-12,15H2,1H3,(H,23,26)/b22-14+. The van der Waals surface area contributed by atoms with Crippen LogP contribution >= 0.6 is 0 Å². The maximum absolute atomic E-state index is 11.9. The number of hydrogen-bond donors (Lipinski definition) is 1. The lowest BCUT2D eigenvalue weighted by atomic mass is 10.1. The number of carbonyl (C=O) groups excluding carboxylic acids is 1. The van der Waals surface area contributed by atoms with E-state index in [2.05, 4.69) is 17.5 Å². The van der Waals surface area contributed by atoms with E-state index < -0.39 is 5.91 Å². The molecule has 152 valence electrons. The monoisotopic (exact) mass is 396 g/mol. The lowest BCUT2D eigenvalue weighted by Gasteiger charge is -2.17. The van der Waals surface area contributed by atoms with Crippen LogP contribution in [0.3, 0.4) is 0 Å². The van der Waals surface area contributed by atoms with E-state index in [1.165, 1.54) is 17.8 Å². The highest BCUT2D eigenvalue weighted by Gasteiger charge is 2.22. The van der Waals surface area contributed by atoms with Crippen molar-refractivity contribution in [3.63, 3.8) is 0 Å². The van der Waals surface area contributed by atoms with E-state index in [-0.39, 0.29) is 17.2 Å². The van der Waals surface area contributed by atoms with Gasteiger partial charge in [-0.2, -0.15) is 5.10 Å². The summed E-state index contributed by atoms with van der Waals surface area (Å²) in [5.74, 6) is 0.193. The van der Waals surface area contributed by atoms with Crippen LogP contribution in [-0.4, -0.2) is 36.7 Å². The average Bonchev–Trinajstić information content (AvgIpc) is 3.27. The van der Waals surface area contributed by atoms with Crippen molar-refractivity contribution in [2.45, 2.75) is 26.2 Å². The molecule has 3 rings (SSSR count). The summed E-state index contributed by atoms with van der Waals surface area (Å²) >= 11 is 0. The number of hydrazone groups is 1. The zero-order valence-electron chi connectivity index (χ0n) is 16.3. The van der Waals surface area contributed by atoms with Gasteiger partial charge >= 0.3 is 0 Å². The summed E-state index contributed by atoms with van der Waals surface area (Å²) in [5.41, 5.74) is 4.76. The van der Waals surface area contributed by atoms with E-state index in [1.54, 1.807) is 12.1 Å². The summed E-state index contributed by atoms with van der Waals surface area (Å²) in [5, 5.41) is 15.3. The molecule has 0 bridgehead atoms. The van der Waals surface area contributed by atoms with Crippen molar-refractivity contribution >= 4 is 23.5 Å². The third-order valence-corrected chi connectivity index (χ3v) is 4.75. The van der Waals surface area contributed by atoms with Crippen LogP contribution < -0.4 is 15.1 Å². The van der Waals surface area contributed by atoms with E-state index >= 15 is 0 Å². The molecule has 0 aliphatic carbocycles. The fraction of sp³-hybridized carbons (Fsp3) is 0.333. The molecule has 8 nitrogen and oxygen atoms in total. The topological polar surface area (TPSA) is 97.1 Å². The third kappa shape index (κ3) is 5.54. The molecule has 8 heteroatoms. The van der Waals surface area contributed by atoms with Crippen molar-refractivity contribution < 1.29 is 14.5 Å². The first-order valence-corrected chi connectivity index (χ1v) is 9.64. The predicted molar refractivity (Wildman–Crippen MR) is 112 cm³/mol. The Morgan fingerprint density at radius 3 is 2.62 bits per heavy atom. The summed E-state index contributed by atoms with van der Waals surface area (Å²) in [7, 11) is 0. The lowest BCUT2D eigenvalue weighted by Crippen LogP contribution is -2.24. The van der Waals surface area contributed by atoms with Crippen molar-refractivity contribution in [1.29, 1.82) is 0 Å². The Morgan fingerprint density at radius 1 is 1.24 bits per heavy atom. The smallest absolute Gasteiger partial charge is 0.293 e. The fourth-order valence-corrected chi connectivity index (χ4v) is 3.17. The first kappa shape index (κ1) is 20.3. The molecule has 1 saturated heterocycles. The van der Waals surface area contributed by atoms with Gasteiger partial charge in [0.1, 0.15) is 11.4 Å². The van der Waals surface area contributed by atoms with Crippen molar-refractivity contribution in [3.8, 4) is 5.75 Å². The first-order valence-electron chi connectivity index (χ1n) is 9.64. The molecule has 1 aliphatic rings. The molecular weight excluding hydrogens is 372 g/mol. The van der Waals surface area contributed by atoms with Crippen molar-refractivity contribution in [3.05, 3.63) is 63.7 Å². The van der Waals surface area contributed by atoms with Gasteiger partial charge in [-0.1, -0.05) is 25.1 Å². The van der Waals surface area contributed by atoms with Gasteiger partial charge in [0.2, 0.25) is 0 Å². The second-order valence-corrected chi connectivity index (χ2v) is 6.78. The lowest BCUT2D eigenvalue weighted by molar-refractivity contribution is -0.384. The zero-order chi connectivity index (χ0) is 20.6. The summed E-state index contributed by atoms with van der Waals surface area (Å²) in [6.07, 6.45) is 4.40. The molecule has 1 aliphatic heterocycles. The van der Waals surface area contributed by atoms with Gasteiger partial charge in [0, 0.05) is 24.7 Å². The molecule has 2 aromatic carbocycles. The average molecular weight is 396 g/mol. The number of nitro groups is 1. The van der Waals surface area contributed by atoms with Crippen LogP contribution in [0, 0.1) is 10.1 Å². The second kappa shape index (κ2) is 9.68. The molecule has 1 heterocycles. The number of carbonyl (C=O) groups is 1. The van der Waals surface area contributed by atoms with Gasteiger partial charge in [-0.05, 0) is 43.0 Å². The van der Waals surface area contributed by atoms with Gasteiger partial charge < -0.3 is 9.64 Å². The minimum Gasteiger partial charge on any atom is -0.484 e. The molecule has 0 aromatic heterocycles. The van der Waals surface area contributed by atoms with Gasteiger partial charge in [0.05, 0.1) is 11.1 Å². The number of anilines is 1. The fourth-order valence-electron chi connectivity index (χ4n) is 3.17. The molecule has 0 radical (unpaired) electrons. The zero-order valence-corrected chi connectivity index (χ0v) is 16.3. The summed E-state index contributed by atoms with van der Waals surface area (Å²) in [4.78, 5) is 24.9. The molecule has 29 heavy (non-hydrogen) atoms. The van der Waals surface area contributed by atoms with E-state index in [9.17, 15) is 14.9 Å². The molecule has 1 fully saturated rings. The van der Waals surface area contributed by atoms with Crippen LogP contribution in [0.25, 0.3) is 0 Å². The number of rotatable bonds is 8. The van der Waals surface area contributed by atoms with Gasteiger partial charge in [0.15, 0.2) is 6.61 Å². The molecule has 0 unspecified atom stereocenters. The Bertz CT molecular complexity index is 890. The summed E-state index contributed by atoms with van der Waals surface area (Å²) < 4.78 is 5.41. The number of benzene rings is 2. The number of aryl methyl sites for hydroxylation is 1. The highest BCUT2D eigenvalue weighted by molar-refractivity contribution is 5.85. The number of nitrogens with one attached hydrogen (secondary N) is 1.